The van der Waals surface area contributed by atoms with Crippen molar-refractivity contribution in [1.82, 2.24) is 14.5 Å². The van der Waals surface area contributed by atoms with Crippen molar-refractivity contribution < 1.29 is 0 Å². The molecule has 0 atom stereocenters. The molecule has 6 heteroatoms. The molecule has 0 radical (unpaired) electrons. The van der Waals surface area contributed by atoms with Crippen molar-refractivity contribution in [1.29, 1.82) is 0 Å². The number of pyridine rings is 1. The first-order valence-corrected chi connectivity index (χ1v) is 8.44. The van der Waals surface area contributed by atoms with Gasteiger partial charge in [-0.15, -0.1) is 22.9 Å². The van der Waals surface area contributed by atoms with Crippen LogP contribution in [0.1, 0.15) is 21.1 Å². The van der Waals surface area contributed by atoms with Crippen molar-refractivity contribution in [3.05, 3.63) is 44.5 Å². The molecule has 21 heavy (non-hydrogen) atoms. The Morgan fingerprint density at radius 2 is 2.10 bits per heavy atom. The lowest BCUT2D eigenvalue weighted by Gasteiger charge is -2.06. The van der Waals surface area contributed by atoms with Crippen LogP contribution >= 0.6 is 34.5 Å². The zero-order valence-corrected chi connectivity index (χ0v) is 14.2. The van der Waals surface area contributed by atoms with Gasteiger partial charge in [-0.1, -0.05) is 11.6 Å². The van der Waals surface area contributed by atoms with Gasteiger partial charge in [-0.25, -0.2) is 9.97 Å². The second-order valence-electron chi connectivity index (χ2n) is 5.00. The lowest BCUT2D eigenvalue weighted by molar-refractivity contribution is 0.756. The molecular formula is C15H15Cl2N3S. The van der Waals surface area contributed by atoms with E-state index in [0.29, 0.717) is 10.9 Å². The Morgan fingerprint density at radius 1 is 1.29 bits per heavy atom. The quantitative estimate of drug-likeness (QED) is 0.650. The molecule has 0 saturated carbocycles. The smallest absolute Gasteiger partial charge is 0.160 e. The minimum atomic E-state index is 0.541. The van der Waals surface area contributed by atoms with Gasteiger partial charge in [-0.05, 0) is 31.5 Å². The number of aromatic nitrogens is 3. The fraction of sp³-hybridized carbons (Fsp3) is 0.333. The van der Waals surface area contributed by atoms with Gasteiger partial charge in [0.15, 0.2) is 5.65 Å². The summed E-state index contributed by atoms with van der Waals surface area (Å²) >= 11 is 13.7. The maximum Gasteiger partial charge on any atom is 0.160 e. The van der Waals surface area contributed by atoms with Gasteiger partial charge in [0.25, 0.3) is 0 Å². The van der Waals surface area contributed by atoms with Crippen molar-refractivity contribution in [2.75, 3.05) is 5.88 Å². The van der Waals surface area contributed by atoms with Crippen LogP contribution < -0.4 is 0 Å². The average Bonchev–Trinajstić information content (AvgIpc) is 2.92. The number of thiophene rings is 1. The molecule has 3 aromatic heterocycles. The molecule has 0 aliphatic rings. The predicted molar refractivity (Wildman–Crippen MR) is 89.9 cm³/mol. The van der Waals surface area contributed by atoms with Gasteiger partial charge in [0.1, 0.15) is 11.3 Å². The number of fused-ring (bicyclic) bond motifs is 1. The summed E-state index contributed by atoms with van der Waals surface area (Å²) < 4.78 is 2.14. The summed E-state index contributed by atoms with van der Waals surface area (Å²) in [4.78, 5) is 11.7. The highest BCUT2D eigenvalue weighted by Gasteiger charge is 2.13. The van der Waals surface area contributed by atoms with E-state index in [2.05, 4.69) is 34.4 Å². The molecule has 3 heterocycles. The van der Waals surface area contributed by atoms with Crippen molar-refractivity contribution in [3.63, 3.8) is 0 Å². The Kier molecular flexibility index (Phi) is 4.20. The Hall–Kier alpha value is -1.10. The second-order valence-corrected chi connectivity index (χ2v) is 7.16. The van der Waals surface area contributed by atoms with E-state index in [9.17, 15) is 0 Å². The average molecular weight is 340 g/mol. The highest BCUT2D eigenvalue weighted by atomic mass is 35.5. The zero-order valence-electron chi connectivity index (χ0n) is 11.9. The lowest BCUT2D eigenvalue weighted by Crippen LogP contribution is -2.05. The Balaban J connectivity index is 2.08. The maximum atomic E-state index is 6.01. The standard InChI is InChI=1S/C15H15Cl2N3S/c1-9-5-12(21-10(9)2)8-20-14(3-4-16)19-13-6-11(17)7-18-15(13)20/h5-7H,3-4,8H2,1-2H3. The van der Waals surface area contributed by atoms with Gasteiger partial charge in [-0.2, -0.15) is 0 Å². The van der Waals surface area contributed by atoms with Crippen LogP contribution in [0.4, 0.5) is 0 Å². The summed E-state index contributed by atoms with van der Waals surface area (Å²) in [5.74, 6) is 1.50. The highest BCUT2D eigenvalue weighted by Crippen LogP contribution is 2.25. The third kappa shape index (κ3) is 2.93. The molecule has 3 rings (SSSR count). The summed E-state index contributed by atoms with van der Waals surface area (Å²) in [5, 5.41) is 0.604. The van der Waals surface area contributed by atoms with E-state index in [1.165, 1.54) is 15.3 Å². The normalized spacial score (nSPS) is 11.4. The van der Waals surface area contributed by atoms with Crippen molar-refractivity contribution in [2.24, 2.45) is 0 Å². The first-order chi connectivity index (χ1) is 10.1. The number of nitrogens with zero attached hydrogens (tertiary/aromatic N) is 3. The summed E-state index contributed by atoms with van der Waals surface area (Å²) in [5.41, 5.74) is 3.02. The Labute approximate surface area is 137 Å². The highest BCUT2D eigenvalue weighted by molar-refractivity contribution is 7.12. The summed E-state index contributed by atoms with van der Waals surface area (Å²) in [6, 6.07) is 4.08. The molecule has 0 spiro atoms. The largest absolute Gasteiger partial charge is 0.307 e. The number of alkyl halides is 1. The van der Waals surface area contributed by atoms with Gasteiger partial charge in [0.05, 0.1) is 11.6 Å². The topological polar surface area (TPSA) is 30.7 Å². The lowest BCUT2D eigenvalue weighted by atomic mass is 10.3. The van der Waals surface area contributed by atoms with Gasteiger partial charge in [0, 0.05) is 28.3 Å². The van der Waals surface area contributed by atoms with E-state index in [4.69, 9.17) is 23.2 Å². The van der Waals surface area contributed by atoms with Crippen molar-refractivity contribution >= 4 is 45.7 Å². The molecule has 0 N–H and O–H groups in total. The van der Waals surface area contributed by atoms with Crippen LogP contribution in [0.3, 0.4) is 0 Å². The molecule has 0 aromatic carbocycles. The number of aryl methyl sites for hydroxylation is 3. The molecule has 0 aliphatic carbocycles. The number of hydrogen-bond donors (Lipinski definition) is 0. The molecule has 0 bridgehead atoms. The first-order valence-electron chi connectivity index (χ1n) is 6.71. The predicted octanol–water partition coefficient (Wildman–Crippen LogP) is 4.59. The molecule has 110 valence electrons. The third-order valence-corrected chi connectivity index (χ3v) is 5.01. The van der Waals surface area contributed by atoms with Crippen LogP contribution in [0.5, 0.6) is 0 Å². The summed E-state index contributed by atoms with van der Waals surface area (Å²) in [6.45, 7) is 5.06. The molecule has 0 saturated heterocycles. The number of imidazole rings is 1. The minimum Gasteiger partial charge on any atom is -0.307 e. The summed E-state index contributed by atoms with van der Waals surface area (Å²) in [7, 11) is 0. The van der Waals surface area contributed by atoms with Crippen LogP contribution in [0, 0.1) is 13.8 Å². The second kappa shape index (κ2) is 5.95. The van der Waals surface area contributed by atoms with Crippen LogP contribution in [-0.4, -0.2) is 20.4 Å². The van der Waals surface area contributed by atoms with Gasteiger partial charge < -0.3 is 4.57 Å². The Bertz CT molecular complexity index is 772. The molecule has 0 amide bonds. The molecule has 0 fully saturated rings. The van der Waals surface area contributed by atoms with Crippen molar-refractivity contribution in [2.45, 2.75) is 26.8 Å². The Morgan fingerprint density at radius 3 is 2.76 bits per heavy atom. The fourth-order valence-electron chi connectivity index (χ4n) is 2.36. The SMILES string of the molecule is Cc1cc(Cn2c(CCCl)nc3cc(Cl)cnc32)sc1C. The van der Waals surface area contributed by atoms with Crippen LogP contribution in [0.25, 0.3) is 11.2 Å². The van der Waals surface area contributed by atoms with E-state index in [0.717, 1.165) is 30.0 Å². The minimum absolute atomic E-state index is 0.541. The molecule has 3 aromatic rings. The van der Waals surface area contributed by atoms with E-state index in [1.54, 1.807) is 6.20 Å². The number of hydrogen-bond acceptors (Lipinski definition) is 3. The van der Waals surface area contributed by atoms with Crippen molar-refractivity contribution in [3.8, 4) is 0 Å². The molecule has 0 aliphatic heterocycles. The summed E-state index contributed by atoms with van der Waals surface area (Å²) in [6.07, 6.45) is 2.39. The van der Waals surface area contributed by atoms with Gasteiger partial charge in [0.2, 0.25) is 0 Å². The fourth-order valence-corrected chi connectivity index (χ4v) is 3.72. The van der Waals surface area contributed by atoms with Gasteiger partial charge >= 0.3 is 0 Å². The van der Waals surface area contributed by atoms with E-state index in [-0.39, 0.29) is 0 Å². The van der Waals surface area contributed by atoms with Crippen LogP contribution in [0.15, 0.2) is 18.3 Å². The third-order valence-electron chi connectivity index (χ3n) is 3.48. The van der Waals surface area contributed by atoms with Crippen LogP contribution in [0.2, 0.25) is 5.02 Å². The van der Waals surface area contributed by atoms with E-state index < -0.39 is 0 Å². The van der Waals surface area contributed by atoms with Gasteiger partial charge in [-0.3, -0.25) is 0 Å². The monoisotopic (exact) mass is 339 g/mol. The maximum absolute atomic E-state index is 6.01. The molecule has 3 nitrogen and oxygen atoms in total. The van der Waals surface area contributed by atoms with E-state index >= 15 is 0 Å². The zero-order chi connectivity index (χ0) is 15.0. The first kappa shape index (κ1) is 14.8. The number of halogens is 2. The van der Waals surface area contributed by atoms with E-state index in [1.807, 2.05) is 17.4 Å². The van der Waals surface area contributed by atoms with Crippen LogP contribution in [-0.2, 0) is 13.0 Å². The molecule has 0 unspecified atom stereocenters. The molecular weight excluding hydrogens is 325 g/mol. The number of rotatable bonds is 4.